The second-order valence-electron chi connectivity index (χ2n) is 3.61. The highest BCUT2D eigenvalue weighted by Crippen LogP contribution is 2.00. The standard InChI is InChI=1S/C14H18O2/c1-2-3-4-8-11-16-14(15)12-13-9-6-5-7-10-13/h4-10H,2-3,11-12H2,1H3. The summed E-state index contributed by atoms with van der Waals surface area (Å²) in [6.45, 7) is 2.50. The van der Waals surface area contributed by atoms with E-state index in [1.165, 1.54) is 0 Å². The largest absolute Gasteiger partial charge is 0.461 e. The van der Waals surface area contributed by atoms with E-state index in [1.807, 2.05) is 42.5 Å². The van der Waals surface area contributed by atoms with Gasteiger partial charge in [-0.25, -0.2) is 0 Å². The van der Waals surface area contributed by atoms with E-state index in [4.69, 9.17) is 4.74 Å². The summed E-state index contributed by atoms with van der Waals surface area (Å²) in [6, 6.07) is 9.62. The zero-order valence-corrected chi connectivity index (χ0v) is 9.69. The minimum absolute atomic E-state index is 0.174. The highest BCUT2D eigenvalue weighted by molar-refractivity contribution is 5.72. The number of carbonyl (C=O) groups excluding carboxylic acids is 1. The topological polar surface area (TPSA) is 26.3 Å². The van der Waals surface area contributed by atoms with Crippen LogP contribution in [0.5, 0.6) is 0 Å². The average Bonchev–Trinajstić information content (AvgIpc) is 2.30. The molecule has 0 bridgehead atoms. The average molecular weight is 218 g/mol. The molecule has 0 fully saturated rings. The van der Waals surface area contributed by atoms with Crippen LogP contribution in [0.25, 0.3) is 0 Å². The molecule has 0 spiro atoms. The fourth-order valence-corrected chi connectivity index (χ4v) is 1.31. The Balaban J connectivity index is 2.21. The van der Waals surface area contributed by atoms with Crippen LogP contribution >= 0.6 is 0 Å². The predicted octanol–water partition coefficient (Wildman–Crippen LogP) is 3.13. The Kier molecular flexibility index (Phi) is 6.00. The molecule has 2 heteroatoms. The summed E-state index contributed by atoms with van der Waals surface area (Å²) in [5, 5.41) is 0. The Labute approximate surface area is 96.9 Å². The van der Waals surface area contributed by atoms with Crippen LogP contribution in [0, 0.1) is 0 Å². The predicted molar refractivity (Wildman–Crippen MR) is 65.2 cm³/mol. The van der Waals surface area contributed by atoms with Gasteiger partial charge in [0.1, 0.15) is 6.61 Å². The molecule has 0 aliphatic rings. The molecule has 1 aromatic carbocycles. The van der Waals surface area contributed by atoms with Crippen LogP contribution in [-0.2, 0) is 16.0 Å². The lowest BCUT2D eigenvalue weighted by Gasteiger charge is -2.01. The second kappa shape index (κ2) is 7.69. The summed E-state index contributed by atoms with van der Waals surface area (Å²) in [6.07, 6.45) is 6.44. The van der Waals surface area contributed by atoms with Gasteiger partial charge in [0, 0.05) is 0 Å². The van der Waals surface area contributed by atoms with Crippen molar-refractivity contribution in [3.63, 3.8) is 0 Å². The number of hydrogen-bond acceptors (Lipinski definition) is 2. The van der Waals surface area contributed by atoms with Gasteiger partial charge in [0.2, 0.25) is 0 Å². The number of rotatable bonds is 6. The van der Waals surface area contributed by atoms with Gasteiger partial charge in [-0.05, 0) is 12.0 Å². The van der Waals surface area contributed by atoms with E-state index in [9.17, 15) is 4.79 Å². The van der Waals surface area contributed by atoms with Crippen LogP contribution in [-0.4, -0.2) is 12.6 Å². The monoisotopic (exact) mass is 218 g/mol. The Morgan fingerprint density at radius 3 is 2.69 bits per heavy atom. The van der Waals surface area contributed by atoms with Gasteiger partial charge in [-0.1, -0.05) is 55.8 Å². The Morgan fingerprint density at radius 2 is 2.00 bits per heavy atom. The first-order valence-electron chi connectivity index (χ1n) is 5.67. The van der Waals surface area contributed by atoms with Crippen molar-refractivity contribution in [1.82, 2.24) is 0 Å². The molecule has 0 amide bonds. The van der Waals surface area contributed by atoms with Crippen molar-refractivity contribution in [3.05, 3.63) is 48.0 Å². The van der Waals surface area contributed by atoms with Gasteiger partial charge in [0.05, 0.1) is 6.42 Å². The van der Waals surface area contributed by atoms with Crippen molar-refractivity contribution in [3.8, 4) is 0 Å². The van der Waals surface area contributed by atoms with Crippen LogP contribution in [0.1, 0.15) is 25.3 Å². The molecule has 0 N–H and O–H groups in total. The van der Waals surface area contributed by atoms with E-state index in [2.05, 4.69) is 6.92 Å². The fourth-order valence-electron chi connectivity index (χ4n) is 1.31. The highest BCUT2D eigenvalue weighted by atomic mass is 16.5. The van der Waals surface area contributed by atoms with E-state index in [0.29, 0.717) is 13.0 Å². The maximum atomic E-state index is 11.4. The maximum absolute atomic E-state index is 11.4. The summed E-state index contributed by atoms with van der Waals surface area (Å²) < 4.78 is 5.07. The molecule has 0 heterocycles. The Hall–Kier alpha value is -1.57. The summed E-state index contributed by atoms with van der Waals surface area (Å²) in [4.78, 5) is 11.4. The van der Waals surface area contributed by atoms with Gasteiger partial charge in [-0.15, -0.1) is 0 Å². The number of ether oxygens (including phenoxy) is 1. The molecule has 1 aromatic rings. The van der Waals surface area contributed by atoms with E-state index in [-0.39, 0.29) is 5.97 Å². The first-order chi connectivity index (χ1) is 7.83. The number of carbonyl (C=O) groups is 1. The van der Waals surface area contributed by atoms with Gasteiger partial charge < -0.3 is 4.74 Å². The van der Waals surface area contributed by atoms with Crippen LogP contribution < -0.4 is 0 Å². The quantitative estimate of drug-likeness (QED) is 0.541. The third-order valence-corrected chi connectivity index (χ3v) is 2.15. The van der Waals surface area contributed by atoms with Gasteiger partial charge in [-0.3, -0.25) is 4.79 Å². The van der Waals surface area contributed by atoms with E-state index in [1.54, 1.807) is 0 Å². The molecule has 0 saturated heterocycles. The SMILES string of the molecule is CCCC=CCOC(=O)Cc1ccccc1. The summed E-state index contributed by atoms with van der Waals surface area (Å²) >= 11 is 0. The van der Waals surface area contributed by atoms with Gasteiger partial charge >= 0.3 is 5.97 Å². The molecule has 0 saturated carbocycles. The molecule has 16 heavy (non-hydrogen) atoms. The first-order valence-corrected chi connectivity index (χ1v) is 5.67. The summed E-state index contributed by atoms with van der Waals surface area (Å²) in [5.74, 6) is -0.174. The molecule has 0 aromatic heterocycles. The summed E-state index contributed by atoms with van der Waals surface area (Å²) in [5.41, 5.74) is 0.991. The lowest BCUT2D eigenvalue weighted by Crippen LogP contribution is -2.07. The van der Waals surface area contributed by atoms with Crippen LogP contribution in [0.3, 0.4) is 0 Å². The molecule has 0 atom stereocenters. The van der Waals surface area contributed by atoms with E-state index < -0.39 is 0 Å². The Bertz CT molecular complexity index is 328. The Morgan fingerprint density at radius 1 is 1.25 bits per heavy atom. The zero-order valence-electron chi connectivity index (χ0n) is 9.69. The molecule has 2 nitrogen and oxygen atoms in total. The van der Waals surface area contributed by atoms with Crippen molar-refractivity contribution in [1.29, 1.82) is 0 Å². The zero-order chi connectivity index (χ0) is 11.6. The third-order valence-electron chi connectivity index (χ3n) is 2.15. The van der Waals surface area contributed by atoms with E-state index in [0.717, 1.165) is 18.4 Å². The van der Waals surface area contributed by atoms with Crippen molar-refractivity contribution < 1.29 is 9.53 Å². The number of benzene rings is 1. The highest BCUT2D eigenvalue weighted by Gasteiger charge is 2.02. The maximum Gasteiger partial charge on any atom is 0.310 e. The normalized spacial score (nSPS) is 10.6. The van der Waals surface area contributed by atoms with Crippen molar-refractivity contribution in [2.75, 3.05) is 6.61 Å². The molecule has 1 rings (SSSR count). The second-order valence-corrected chi connectivity index (χ2v) is 3.61. The van der Waals surface area contributed by atoms with Crippen molar-refractivity contribution in [2.45, 2.75) is 26.2 Å². The van der Waals surface area contributed by atoms with Crippen molar-refractivity contribution in [2.24, 2.45) is 0 Å². The van der Waals surface area contributed by atoms with Crippen LogP contribution in [0.2, 0.25) is 0 Å². The molecule has 0 aliphatic heterocycles. The summed E-state index contributed by atoms with van der Waals surface area (Å²) in [7, 11) is 0. The van der Waals surface area contributed by atoms with Gasteiger partial charge in [0.25, 0.3) is 0 Å². The number of unbranched alkanes of at least 4 members (excludes halogenated alkanes) is 1. The molecular formula is C14H18O2. The number of allylic oxidation sites excluding steroid dienone is 1. The molecule has 0 aliphatic carbocycles. The fraction of sp³-hybridized carbons (Fsp3) is 0.357. The first kappa shape index (κ1) is 12.5. The number of hydrogen-bond donors (Lipinski definition) is 0. The minimum atomic E-state index is -0.174. The van der Waals surface area contributed by atoms with Crippen LogP contribution in [0.15, 0.2) is 42.5 Å². The van der Waals surface area contributed by atoms with E-state index >= 15 is 0 Å². The smallest absolute Gasteiger partial charge is 0.310 e. The molecule has 0 unspecified atom stereocenters. The number of esters is 1. The van der Waals surface area contributed by atoms with Gasteiger partial charge in [-0.2, -0.15) is 0 Å². The minimum Gasteiger partial charge on any atom is -0.461 e. The molecular weight excluding hydrogens is 200 g/mol. The van der Waals surface area contributed by atoms with Gasteiger partial charge in [0.15, 0.2) is 0 Å². The molecule has 0 radical (unpaired) electrons. The lowest BCUT2D eigenvalue weighted by molar-refractivity contribution is -0.141. The molecule has 86 valence electrons. The lowest BCUT2D eigenvalue weighted by atomic mass is 10.2. The van der Waals surface area contributed by atoms with Crippen LogP contribution in [0.4, 0.5) is 0 Å². The van der Waals surface area contributed by atoms with Crippen molar-refractivity contribution >= 4 is 5.97 Å². The third kappa shape index (κ3) is 5.35.